The molecule has 0 aliphatic carbocycles. The molecule has 2 fully saturated rings. The van der Waals surface area contributed by atoms with E-state index in [-0.39, 0.29) is 40.4 Å². The van der Waals surface area contributed by atoms with E-state index in [4.69, 9.17) is 28.6 Å². The van der Waals surface area contributed by atoms with Crippen LogP contribution in [-0.4, -0.2) is 48.6 Å². The average Bonchev–Trinajstić information content (AvgIpc) is 3.62. The van der Waals surface area contributed by atoms with E-state index in [1.54, 1.807) is 0 Å². The highest BCUT2D eigenvalue weighted by atomic mass is 79.9. The summed E-state index contributed by atoms with van der Waals surface area (Å²) in [5, 5.41) is 4.81. The van der Waals surface area contributed by atoms with E-state index in [9.17, 15) is 0 Å². The van der Waals surface area contributed by atoms with Gasteiger partial charge in [0.05, 0.1) is 33.8 Å². The first-order valence-corrected chi connectivity index (χ1v) is 18.7. The third-order valence-corrected chi connectivity index (χ3v) is 13.0. The third kappa shape index (κ3) is 6.35. The molecule has 0 bridgehead atoms. The van der Waals surface area contributed by atoms with Crippen molar-refractivity contribution >= 4 is 80.5 Å². The lowest BCUT2D eigenvalue weighted by Gasteiger charge is -2.32. The molecule has 0 aromatic heterocycles. The molecule has 8 rings (SSSR count). The number of hydrogen-bond donors (Lipinski definition) is 0. The summed E-state index contributed by atoms with van der Waals surface area (Å²) < 4.78 is 24.3. The minimum atomic E-state index is -0.364. The lowest BCUT2D eigenvalue weighted by molar-refractivity contribution is 0.00578. The smallest absolute Gasteiger partial charge is 0.405 e. The maximum absolute atomic E-state index is 6.35. The van der Waals surface area contributed by atoms with Crippen molar-refractivity contribution in [1.29, 1.82) is 0 Å². The Morgan fingerprint density at radius 1 is 0.549 bits per heavy atom. The van der Waals surface area contributed by atoms with E-state index in [1.165, 1.54) is 40.7 Å². The summed E-state index contributed by atoms with van der Waals surface area (Å²) >= 11 is 3.67. The summed E-state index contributed by atoms with van der Waals surface area (Å²) in [5.74, 6) is 0. The molecule has 4 aliphatic heterocycles. The Morgan fingerprint density at radius 2 is 0.941 bits per heavy atom. The van der Waals surface area contributed by atoms with Crippen LogP contribution in [0.15, 0.2) is 75.1 Å². The van der Waals surface area contributed by atoms with Gasteiger partial charge >= 0.3 is 14.8 Å². The van der Waals surface area contributed by atoms with Crippen LogP contribution < -0.4 is 5.46 Å². The maximum Gasteiger partial charge on any atom is 0.495 e. The fraction of sp³-hybridized carbons (Fsp3) is 0.476. The van der Waals surface area contributed by atoms with Crippen LogP contribution in [0, 0.1) is 0 Å². The van der Waals surface area contributed by atoms with Crippen molar-refractivity contribution < 1.29 is 18.6 Å². The number of fused-ring (bicyclic) bond motifs is 6. The lowest BCUT2D eigenvalue weighted by Crippen LogP contribution is -2.41. The van der Waals surface area contributed by atoms with Gasteiger partial charge in [0.1, 0.15) is 0 Å². The fourth-order valence-corrected chi connectivity index (χ4v) is 7.19. The fourth-order valence-electron chi connectivity index (χ4n) is 6.62. The summed E-state index contributed by atoms with van der Waals surface area (Å²) in [4.78, 5) is 9.66. The zero-order chi connectivity index (χ0) is 37.5. The Balaban J connectivity index is 0.000000148. The van der Waals surface area contributed by atoms with Gasteiger partial charge in [0.25, 0.3) is 0 Å². The van der Waals surface area contributed by atoms with Crippen LogP contribution in [0.2, 0.25) is 0 Å². The van der Waals surface area contributed by atoms with Crippen LogP contribution in [0.4, 0.5) is 11.4 Å². The van der Waals surface area contributed by atoms with Gasteiger partial charge in [-0.25, -0.2) is 0 Å². The van der Waals surface area contributed by atoms with Crippen molar-refractivity contribution in [3.63, 3.8) is 0 Å². The van der Waals surface area contributed by atoms with Crippen LogP contribution in [-0.2, 0) is 29.4 Å². The number of nitrogens with zero attached hydrogens (tertiary/aromatic N) is 2. The SMILES string of the molecule is CC1(C)O[B]OC1(C)C.CC1=Nc2c(cc(B3OC(C)(C)C(C)(C)O3)c3ccccc23)C1(C)C.CC1=Nc2c(cc(Br)c3ccccc23)C1(C)C. The van der Waals surface area contributed by atoms with Crippen LogP contribution in [0.1, 0.15) is 108 Å². The summed E-state index contributed by atoms with van der Waals surface area (Å²) in [6.07, 6.45) is 0. The molecule has 267 valence electrons. The molecule has 4 aromatic carbocycles. The summed E-state index contributed by atoms with van der Waals surface area (Å²) in [5.41, 5.74) is 7.16. The molecule has 4 aromatic rings. The Hall–Kier alpha value is -2.81. The van der Waals surface area contributed by atoms with E-state index in [2.05, 4.69) is 146 Å². The summed E-state index contributed by atoms with van der Waals surface area (Å²) in [7, 11) is 1.05. The van der Waals surface area contributed by atoms with E-state index < -0.39 is 0 Å². The van der Waals surface area contributed by atoms with Crippen molar-refractivity contribution in [2.24, 2.45) is 9.98 Å². The van der Waals surface area contributed by atoms with E-state index in [1.807, 2.05) is 27.7 Å². The molecule has 0 spiro atoms. The van der Waals surface area contributed by atoms with Gasteiger partial charge in [0.2, 0.25) is 0 Å². The minimum Gasteiger partial charge on any atom is -0.405 e. The molecule has 1 radical (unpaired) electrons. The number of hydrogen-bond acceptors (Lipinski definition) is 6. The highest BCUT2D eigenvalue weighted by Crippen LogP contribution is 2.47. The van der Waals surface area contributed by atoms with Crippen LogP contribution in [0.5, 0.6) is 0 Å². The molecular weight excluding hydrogens is 698 g/mol. The molecule has 0 unspecified atom stereocenters. The molecule has 2 saturated heterocycles. The predicted octanol–water partition coefficient (Wildman–Crippen LogP) is 10.6. The highest BCUT2D eigenvalue weighted by molar-refractivity contribution is 9.10. The topological polar surface area (TPSA) is 61.6 Å². The van der Waals surface area contributed by atoms with E-state index in [0.29, 0.717) is 0 Å². The zero-order valence-electron chi connectivity index (χ0n) is 32.8. The Labute approximate surface area is 314 Å². The number of aliphatic imine (C=N–C) groups is 2. The largest absolute Gasteiger partial charge is 0.495 e. The van der Waals surface area contributed by atoms with E-state index in [0.717, 1.165) is 32.4 Å². The van der Waals surface area contributed by atoms with Crippen molar-refractivity contribution in [1.82, 2.24) is 0 Å². The zero-order valence-corrected chi connectivity index (χ0v) is 34.4. The molecule has 4 aliphatic rings. The van der Waals surface area contributed by atoms with Gasteiger partial charge in [0.15, 0.2) is 0 Å². The highest BCUT2D eigenvalue weighted by Gasteiger charge is 2.52. The Kier molecular flexibility index (Phi) is 9.41. The standard InChI is InChI=1S/C21H26BNO2.C15H14BrN.C6H12BO2/c1-13-19(2,3)16-12-17(22-24-20(4,5)21(6,7)25-22)14-10-8-9-11-15(14)18(16)23-13;1-9-15(2,3)12-8-13(16)10-6-4-5-7-11(10)14(12)17-9;1-5(2)6(3,4)9-7-8-5/h8-12H,1-7H3;4-8H,1-3H3;1-4H3. The average molecular weight is 750 g/mol. The van der Waals surface area contributed by atoms with Crippen molar-refractivity contribution in [2.75, 3.05) is 0 Å². The molecule has 0 atom stereocenters. The lowest BCUT2D eigenvalue weighted by atomic mass is 9.71. The Morgan fingerprint density at radius 3 is 1.37 bits per heavy atom. The van der Waals surface area contributed by atoms with Crippen LogP contribution >= 0.6 is 15.9 Å². The second kappa shape index (κ2) is 12.7. The maximum atomic E-state index is 6.35. The van der Waals surface area contributed by atoms with Gasteiger partial charge in [-0.3, -0.25) is 9.98 Å². The van der Waals surface area contributed by atoms with Crippen LogP contribution in [0.3, 0.4) is 0 Å². The normalized spacial score (nSPS) is 22.2. The van der Waals surface area contributed by atoms with Gasteiger partial charge < -0.3 is 18.6 Å². The molecule has 51 heavy (non-hydrogen) atoms. The predicted molar refractivity (Wildman–Crippen MR) is 219 cm³/mol. The van der Waals surface area contributed by atoms with Crippen molar-refractivity contribution in [3.8, 4) is 0 Å². The summed E-state index contributed by atoms with van der Waals surface area (Å²) in [6, 6.07) is 21.3. The van der Waals surface area contributed by atoms with Gasteiger partial charge in [-0.15, -0.1) is 0 Å². The molecule has 9 heteroatoms. The second-order valence-electron chi connectivity index (χ2n) is 17.3. The first kappa shape index (κ1) is 37.9. The third-order valence-electron chi connectivity index (χ3n) is 12.4. The van der Waals surface area contributed by atoms with E-state index >= 15 is 0 Å². The van der Waals surface area contributed by atoms with Gasteiger partial charge in [-0.2, -0.15) is 0 Å². The van der Waals surface area contributed by atoms with Crippen LogP contribution in [0.25, 0.3) is 21.5 Å². The number of benzene rings is 4. The monoisotopic (exact) mass is 749 g/mol. The van der Waals surface area contributed by atoms with Crippen molar-refractivity contribution in [2.45, 2.75) is 130 Å². The number of halogens is 1. The molecule has 0 saturated carbocycles. The van der Waals surface area contributed by atoms with Crippen molar-refractivity contribution in [3.05, 3.63) is 76.3 Å². The molecule has 0 N–H and O–H groups in total. The van der Waals surface area contributed by atoms with Gasteiger partial charge in [0, 0.05) is 37.5 Å². The first-order chi connectivity index (χ1) is 23.5. The minimum absolute atomic E-state index is 0.0435. The quantitative estimate of drug-likeness (QED) is 0.182. The van der Waals surface area contributed by atoms with Gasteiger partial charge in [-0.05, 0) is 103 Å². The summed E-state index contributed by atoms with van der Waals surface area (Å²) in [6.45, 7) is 29.6. The number of rotatable bonds is 1. The Bertz CT molecular complexity index is 2070. The second-order valence-corrected chi connectivity index (χ2v) is 18.1. The molecular formula is C42H52B2BrN2O4. The molecule has 0 amide bonds. The molecule has 4 heterocycles. The molecule has 6 nitrogen and oxygen atoms in total. The van der Waals surface area contributed by atoms with Gasteiger partial charge in [-0.1, -0.05) is 98.2 Å². The first-order valence-electron chi connectivity index (χ1n) is 17.9.